The third-order valence-electron chi connectivity index (χ3n) is 2.06. The van der Waals surface area contributed by atoms with E-state index in [1.807, 2.05) is 27.7 Å². The molecule has 1 aromatic rings. The summed E-state index contributed by atoms with van der Waals surface area (Å²) in [5.41, 5.74) is 6.97. The molecule has 0 saturated carbocycles. The van der Waals surface area contributed by atoms with Crippen LogP contribution in [0, 0.1) is 6.92 Å². The SMILES string of the molecule is Cc1cc(N)ncc1CNC(=O)OC(C)(C)C. The van der Waals surface area contributed by atoms with Crippen LogP contribution in [-0.4, -0.2) is 16.7 Å². The van der Waals surface area contributed by atoms with E-state index in [2.05, 4.69) is 10.3 Å². The molecule has 0 aliphatic rings. The Balaban J connectivity index is 2.53. The number of aryl methyl sites for hydroxylation is 1. The maximum Gasteiger partial charge on any atom is 0.407 e. The van der Waals surface area contributed by atoms with E-state index in [1.54, 1.807) is 12.3 Å². The second-order valence-corrected chi connectivity index (χ2v) is 4.89. The van der Waals surface area contributed by atoms with E-state index in [0.29, 0.717) is 12.4 Å². The zero-order valence-corrected chi connectivity index (χ0v) is 10.7. The lowest BCUT2D eigenvalue weighted by Crippen LogP contribution is -2.32. The number of carbonyl (C=O) groups excluding carboxylic acids is 1. The molecule has 17 heavy (non-hydrogen) atoms. The summed E-state index contributed by atoms with van der Waals surface area (Å²) in [6, 6.07) is 1.77. The minimum atomic E-state index is -0.488. The number of ether oxygens (including phenoxy) is 1. The molecule has 0 aromatic carbocycles. The van der Waals surface area contributed by atoms with Crippen molar-refractivity contribution in [3.8, 4) is 0 Å². The number of nitrogens with two attached hydrogens (primary N) is 1. The Hall–Kier alpha value is -1.78. The molecule has 0 saturated heterocycles. The first-order valence-electron chi connectivity index (χ1n) is 5.46. The summed E-state index contributed by atoms with van der Waals surface area (Å²) in [5.74, 6) is 0.475. The summed E-state index contributed by atoms with van der Waals surface area (Å²) in [6.07, 6.45) is 1.22. The van der Waals surface area contributed by atoms with Crippen molar-refractivity contribution in [3.63, 3.8) is 0 Å². The number of nitrogen functional groups attached to an aromatic ring is 1. The van der Waals surface area contributed by atoms with Crippen LogP contribution in [0.4, 0.5) is 10.6 Å². The van der Waals surface area contributed by atoms with Gasteiger partial charge in [-0.3, -0.25) is 0 Å². The van der Waals surface area contributed by atoms with Crippen LogP contribution >= 0.6 is 0 Å². The van der Waals surface area contributed by atoms with E-state index in [9.17, 15) is 4.79 Å². The number of anilines is 1. The Morgan fingerprint density at radius 3 is 2.71 bits per heavy atom. The molecule has 3 N–H and O–H groups in total. The van der Waals surface area contributed by atoms with Gasteiger partial charge in [-0.1, -0.05) is 0 Å². The summed E-state index contributed by atoms with van der Waals surface area (Å²) >= 11 is 0. The number of alkyl carbamates (subject to hydrolysis) is 1. The Morgan fingerprint density at radius 1 is 1.53 bits per heavy atom. The molecule has 0 atom stereocenters. The predicted octanol–water partition coefficient (Wildman–Crippen LogP) is 2.00. The van der Waals surface area contributed by atoms with E-state index >= 15 is 0 Å². The number of amides is 1. The number of hydrogen-bond donors (Lipinski definition) is 2. The van der Waals surface area contributed by atoms with Crippen LogP contribution in [0.15, 0.2) is 12.3 Å². The third-order valence-corrected chi connectivity index (χ3v) is 2.06. The number of rotatable bonds is 2. The van der Waals surface area contributed by atoms with Gasteiger partial charge in [0.25, 0.3) is 0 Å². The number of carbonyl (C=O) groups is 1. The molecule has 0 fully saturated rings. The van der Waals surface area contributed by atoms with Gasteiger partial charge in [-0.2, -0.15) is 0 Å². The lowest BCUT2D eigenvalue weighted by atomic mass is 10.1. The predicted molar refractivity (Wildman–Crippen MR) is 66.5 cm³/mol. The Bertz CT molecular complexity index is 411. The van der Waals surface area contributed by atoms with Crippen molar-refractivity contribution in [2.24, 2.45) is 0 Å². The van der Waals surface area contributed by atoms with Gasteiger partial charge in [0, 0.05) is 12.7 Å². The van der Waals surface area contributed by atoms with Crippen LogP contribution in [0.2, 0.25) is 0 Å². The fourth-order valence-electron chi connectivity index (χ4n) is 1.27. The average molecular weight is 237 g/mol. The number of nitrogens with zero attached hydrogens (tertiary/aromatic N) is 1. The zero-order valence-electron chi connectivity index (χ0n) is 10.7. The monoisotopic (exact) mass is 237 g/mol. The molecular weight excluding hydrogens is 218 g/mol. The second kappa shape index (κ2) is 5.03. The van der Waals surface area contributed by atoms with Crippen LogP contribution in [0.1, 0.15) is 31.9 Å². The summed E-state index contributed by atoms with van der Waals surface area (Å²) in [7, 11) is 0. The minimum Gasteiger partial charge on any atom is -0.444 e. The van der Waals surface area contributed by atoms with Crippen LogP contribution in [0.25, 0.3) is 0 Å². The average Bonchev–Trinajstić information content (AvgIpc) is 2.13. The highest BCUT2D eigenvalue weighted by molar-refractivity contribution is 5.67. The van der Waals surface area contributed by atoms with Gasteiger partial charge in [-0.25, -0.2) is 9.78 Å². The summed E-state index contributed by atoms with van der Waals surface area (Å²) in [5, 5.41) is 2.67. The van der Waals surface area contributed by atoms with Crippen LogP contribution < -0.4 is 11.1 Å². The standard InChI is InChI=1S/C12H19N3O2/c1-8-5-10(13)14-6-9(8)7-15-11(16)17-12(2,3)4/h5-6H,7H2,1-4H3,(H2,13,14)(H,15,16). The number of aromatic nitrogens is 1. The molecule has 1 rings (SSSR count). The quantitative estimate of drug-likeness (QED) is 0.824. The number of hydrogen-bond acceptors (Lipinski definition) is 4. The molecular formula is C12H19N3O2. The van der Waals surface area contributed by atoms with Crippen LogP contribution in [-0.2, 0) is 11.3 Å². The lowest BCUT2D eigenvalue weighted by Gasteiger charge is -2.19. The molecule has 5 heteroatoms. The van der Waals surface area contributed by atoms with Gasteiger partial charge in [0.2, 0.25) is 0 Å². The molecule has 0 spiro atoms. The molecule has 0 aliphatic carbocycles. The molecule has 0 aliphatic heterocycles. The first kappa shape index (κ1) is 13.3. The van der Waals surface area contributed by atoms with Gasteiger partial charge < -0.3 is 15.8 Å². The minimum absolute atomic E-state index is 0.383. The highest BCUT2D eigenvalue weighted by Gasteiger charge is 2.15. The fraction of sp³-hybridized carbons (Fsp3) is 0.500. The summed E-state index contributed by atoms with van der Waals surface area (Å²) < 4.78 is 5.13. The summed E-state index contributed by atoms with van der Waals surface area (Å²) in [6.45, 7) is 7.77. The van der Waals surface area contributed by atoms with Crippen LogP contribution in [0.5, 0.6) is 0 Å². The Labute approximate surface area is 101 Å². The molecule has 1 aromatic heterocycles. The van der Waals surface area contributed by atoms with Crippen molar-refractivity contribution in [1.82, 2.24) is 10.3 Å². The first-order chi connectivity index (χ1) is 7.78. The topological polar surface area (TPSA) is 77.2 Å². The lowest BCUT2D eigenvalue weighted by molar-refractivity contribution is 0.0523. The Morgan fingerprint density at radius 2 is 2.18 bits per heavy atom. The van der Waals surface area contributed by atoms with Gasteiger partial charge in [-0.15, -0.1) is 0 Å². The third kappa shape index (κ3) is 4.72. The van der Waals surface area contributed by atoms with E-state index in [1.165, 1.54) is 0 Å². The van der Waals surface area contributed by atoms with Gasteiger partial charge in [0.15, 0.2) is 0 Å². The second-order valence-electron chi connectivity index (χ2n) is 4.89. The van der Waals surface area contributed by atoms with Crippen molar-refractivity contribution in [2.75, 3.05) is 5.73 Å². The van der Waals surface area contributed by atoms with Crippen LogP contribution in [0.3, 0.4) is 0 Å². The van der Waals surface area contributed by atoms with Crippen molar-refractivity contribution >= 4 is 11.9 Å². The largest absolute Gasteiger partial charge is 0.444 e. The number of nitrogens with one attached hydrogen (secondary N) is 1. The normalized spacial score (nSPS) is 11.1. The first-order valence-corrected chi connectivity index (χ1v) is 5.46. The van der Waals surface area contributed by atoms with Gasteiger partial charge in [0.1, 0.15) is 11.4 Å². The smallest absolute Gasteiger partial charge is 0.407 e. The Kier molecular flexibility index (Phi) is 3.93. The molecule has 94 valence electrons. The van der Waals surface area contributed by atoms with Crippen molar-refractivity contribution in [2.45, 2.75) is 39.8 Å². The van der Waals surface area contributed by atoms with Crippen molar-refractivity contribution in [3.05, 3.63) is 23.4 Å². The van der Waals surface area contributed by atoms with E-state index in [4.69, 9.17) is 10.5 Å². The van der Waals surface area contributed by atoms with E-state index < -0.39 is 11.7 Å². The highest BCUT2D eigenvalue weighted by atomic mass is 16.6. The van der Waals surface area contributed by atoms with E-state index in [-0.39, 0.29) is 0 Å². The fourth-order valence-corrected chi connectivity index (χ4v) is 1.27. The summed E-state index contributed by atoms with van der Waals surface area (Å²) in [4.78, 5) is 15.4. The molecule has 0 unspecified atom stereocenters. The molecule has 1 heterocycles. The molecule has 0 radical (unpaired) electrons. The molecule has 5 nitrogen and oxygen atoms in total. The van der Waals surface area contributed by atoms with Gasteiger partial charge in [0.05, 0.1) is 0 Å². The maximum absolute atomic E-state index is 11.4. The van der Waals surface area contributed by atoms with Gasteiger partial charge in [-0.05, 0) is 44.9 Å². The molecule has 0 bridgehead atoms. The van der Waals surface area contributed by atoms with E-state index in [0.717, 1.165) is 11.1 Å². The zero-order chi connectivity index (χ0) is 13.1. The van der Waals surface area contributed by atoms with Crippen molar-refractivity contribution < 1.29 is 9.53 Å². The highest BCUT2D eigenvalue weighted by Crippen LogP contribution is 2.10. The van der Waals surface area contributed by atoms with Gasteiger partial charge >= 0.3 is 6.09 Å². The van der Waals surface area contributed by atoms with Crippen molar-refractivity contribution in [1.29, 1.82) is 0 Å². The molecule has 1 amide bonds. The maximum atomic E-state index is 11.4. The number of pyridine rings is 1.